The maximum atomic E-state index is 14.0. The fraction of sp³-hybridized carbons (Fsp3) is 0.500. The average molecular weight is 629 g/mol. The molecule has 4 aliphatic carbocycles. The monoisotopic (exact) mass is 627 g/mol. The minimum absolute atomic E-state index is 0.180. The van der Waals surface area contributed by atoms with Gasteiger partial charge in [0.1, 0.15) is 12.6 Å². The molecule has 2 aromatic carbocycles. The highest BCUT2D eigenvalue weighted by Gasteiger charge is 2.72. The van der Waals surface area contributed by atoms with E-state index in [1.165, 1.54) is 0 Å². The number of nitrogens with zero attached hydrogens (tertiary/aromatic N) is 1. The van der Waals surface area contributed by atoms with Crippen molar-refractivity contribution < 1.29 is 19.1 Å². The van der Waals surface area contributed by atoms with Crippen molar-refractivity contribution in [1.29, 1.82) is 0 Å². The van der Waals surface area contributed by atoms with Gasteiger partial charge in [-0.1, -0.05) is 108 Å². The molecule has 5 atom stereocenters. The summed E-state index contributed by atoms with van der Waals surface area (Å²) >= 11 is 7.99. The molecule has 7 heteroatoms. The van der Waals surface area contributed by atoms with Crippen molar-refractivity contribution in [2.24, 2.45) is 29.6 Å². The summed E-state index contributed by atoms with van der Waals surface area (Å²) in [7, 11) is 0. The molecule has 1 aliphatic heterocycles. The van der Waals surface area contributed by atoms with Crippen LogP contribution >= 0.6 is 31.9 Å². The number of rotatable bonds is 4. The van der Waals surface area contributed by atoms with Crippen LogP contribution in [-0.4, -0.2) is 35.3 Å². The Morgan fingerprint density at radius 1 is 0.919 bits per heavy atom. The van der Waals surface area contributed by atoms with Crippen molar-refractivity contribution in [2.75, 3.05) is 6.54 Å². The molecule has 5 aliphatic rings. The topological polar surface area (TPSA) is 63.7 Å². The lowest BCUT2D eigenvalue weighted by Gasteiger charge is -2.55. The third-order valence-corrected chi connectivity index (χ3v) is 11.9. The molecule has 2 aromatic rings. The number of alkyl halides is 2. The number of halogens is 2. The van der Waals surface area contributed by atoms with Gasteiger partial charge in [0.05, 0.1) is 20.5 Å². The van der Waals surface area contributed by atoms with E-state index in [-0.39, 0.29) is 24.5 Å². The van der Waals surface area contributed by atoms with E-state index in [0.717, 1.165) is 46.4 Å². The van der Waals surface area contributed by atoms with Crippen molar-refractivity contribution in [2.45, 2.75) is 54.8 Å². The highest BCUT2D eigenvalue weighted by molar-refractivity contribution is 9.10. The second-order valence-corrected chi connectivity index (χ2v) is 14.1. The fourth-order valence-electron chi connectivity index (χ4n) is 7.47. The number of esters is 1. The van der Waals surface area contributed by atoms with Crippen LogP contribution in [-0.2, 0) is 27.8 Å². The first kappa shape index (κ1) is 25.3. The zero-order chi connectivity index (χ0) is 26.3. The molecule has 37 heavy (non-hydrogen) atoms. The van der Waals surface area contributed by atoms with E-state index in [2.05, 4.69) is 52.6 Å². The Balaban J connectivity index is 1.34. The fourth-order valence-corrected chi connectivity index (χ4v) is 9.77. The van der Waals surface area contributed by atoms with E-state index in [9.17, 15) is 14.4 Å². The predicted molar refractivity (Wildman–Crippen MR) is 147 cm³/mol. The molecule has 0 aromatic heterocycles. The van der Waals surface area contributed by atoms with Gasteiger partial charge in [0.15, 0.2) is 0 Å². The highest BCUT2D eigenvalue weighted by Crippen LogP contribution is 2.70. The van der Waals surface area contributed by atoms with E-state index in [1.807, 2.05) is 48.5 Å². The van der Waals surface area contributed by atoms with Gasteiger partial charge in [0.2, 0.25) is 11.8 Å². The number of benzene rings is 2. The van der Waals surface area contributed by atoms with Gasteiger partial charge in [-0.2, -0.15) is 0 Å². The number of amides is 2. The van der Waals surface area contributed by atoms with Gasteiger partial charge in [-0.05, 0) is 52.8 Å². The van der Waals surface area contributed by atoms with Crippen LogP contribution in [0.5, 0.6) is 0 Å². The van der Waals surface area contributed by atoms with Crippen molar-refractivity contribution in [1.82, 2.24) is 4.90 Å². The number of carbonyl (C=O) groups is 3. The predicted octanol–water partition coefficient (Wildman–Crippen LogP) is 5.90. The van der Waals surface area contributed by atoms with Crippen molar-refractivity contribution in [3.8, 4) is 0 Å². The number of imide groups is 1. The van der Waals surface area contributed by atoms with Gasteiger partial charge < -0.3 is 4.74 Å². The summed E-state index contributed by atoms with van der Waals surface area (Å²) in [5.41, 5.74) is 3.92. The molecule has 5 nitrogen and oxygen atoms in total. The number of likely N-dealkylation sites (tertiary alicyclic amines) is 1. The summed E-state index contributed by atoms with van der Waals surface area (Å²) in [6, 6.07) is 15.9. The molecule has 0 unspecified atom stereocenters. The van der Waals surface area contributed by atoms with Gasteiger partial charge >= 0.3 is 5.97 Å². The maximum absolute atomic E-state index is 14.0. The first-order valence-corrected chi connectivity index (χ1v) is 14.8. The lowest BCUT2D eigenvalue weighted by atomic mass is 9.54. The van der Waals surface area contributed by atoms with E-state index in [0.29, 0.717) is 17.8 Å². The Morgan fingerprint density at radius 2 is 1.38 bits per heavy atom. The van der Waals surface area contributed by atoms with Crippen LogP contribution in [0.25, 0.3) is 0 Å². The minimum Gasteiger partial charge on any atom is -0.461 e. The van der Waals surface area contributed by atoms with Crippen LogP contribution in [0, 0.1) is 29.6 Å². The first-order valence-electron chi connectivity index (χ1n) is 13.2. The molecule has 2 bridgehead atoms. The summed E-state index contributed by atoms with van der Waals surface area (Å²) < 4.78 is 4.27. The van der Waals surface area contributed by atoms with Gasteiger partial charge in [-0.25, -0.2) is 0 Å². The van der Waals surface area contributed by atoms with Gasteiger partial charge in [-0.15, -0.1) is 0 Å². The molecule has 1 saturated heterocycles. The highest BCUT2D eigenvalue weighted by atomic mass is 79.9. The SMILES string of the molecule is CC(C)[C@H]1CC[C@@H](C)C[C@H]1OC(=O)CN1C(=O)[C@@H]2[C@@H](C1=O)C1(Br)c3ccccc3C2(Br)c2ccccc21. The zero-order valence-electron chi connectivity index (χ0n) is 21.2. The van der Waals surface area contributed by atoms with Crippen molar-refractivity contribution in [3.63, 3.8) is 0 Å². The normalized spacial score (nSPS) is 35.8. The molecule has 194 valence electrons. The largest absolute Gasteiger partial charge is 0.461 e. The van der Waals surface area contributed by atoms with Crippen molar-refractivity contribution >= 4 is 49.6 Å². The number of hydrogen-bond acceptors (Lipinski definition) is 4. The minimum atomic E-state index is -0.854. The van der Waals surface area contributed by atoms with E-state index in [1.54, 1.807) is 0 Å². The maximum Gasteiger partial charge on any atom is 0.326 e. The standard InChI is InChI=1S/C30H31Br2NO4/c1-16(2)18-13-12-17(3)14-23(18)37-24(34)15-33-27(35)25-26(28(33)36)30(32)20-9-5-4-8-19(20)29(25,31)21-10-6-7-11-22(21)30/h4-11,16-18,23,25-26H,12-15H2,1-3H3/t17-,18-,23-,25+,26+,29?,30?/m1/s1. The Hall–Kier alpha value is -1.99. The molecular weight excluding hydrogens is 598 g/mol. The van der Waals surface area contributed by atoms with Gasteiger partial charge in [-0.3, -0.25) is 19.3 Å². The molecule has 0 spiro atoms. The average Bonchev–Trinajstić information content (AvgIpc) is 3.13. The van der Waals surface area contributed by atoms with Crippen LogP contribution in [0.3, 0.4) is 0 Å². The molecule has 2 fully saturated rings. The Bertz CT molecular complexity index is 1180. The third-order valence-electron chi connectivity index (χ3n) is 9.21. The van der Waals surface area contributed by atoms with Gasteiger partial charge in [0, 0.05) is 0 Å². The molecule has 0 radical (unpaired) electrons. The lowest BCUT2D eigenvalue weighted by molar-refractivity contribution is -0.161. The van der Waals surface area contributed by atoms with Crippen LogP contribution < -0.4 is 0 Å². The van der Waals surface area contributed by atoms with E-state index >= 15 is 0 Å². The second kappa shape index (κ2) is 8.77. The first-order chi connectivity index (χ1) is 17.6. The second-order valence-electron chi connectivity index (χ2n) is 11.6. The van der Waals surface area contributed by atoms with Crippen LogP contribution in [0.4, 0.5) is 0 Å². The third kappa shape index (κ3) is 3.42. The quantitative estimate of drug-likeness (QED) is 0.240. The molecule has 1 heterocycles. The Labute approximate surface area is 234 Å². The van der Waals surface area contributed by atoms with Crippen molar-refractivity contribution in [3.05, 3.63) is 70.8 Å². The summed E-state index contributed by atoms with van der Waals surface area (Å²) in [4.78, 5) is 42.4. The summed E-state index contributed by atoms with van der Waals surface area (Å²) in [6.07, 6.45) is 2.80. The Kier molecular flexibility index (Phi) is 6.00. The van der Waals surface area contributed by atoms with Crippen LogP contribution in [0.1, 0.15) is 62.3 Å². The smallest absolute Gasteiger partial charge is 0.326 e. The summed E-state index contributed by atoms with van der Waals surface area (Å²) in [6.45, 7) is 6.16. The zero-order valence-corrected chi connectivity index (χ0v) is 24.4. The van der Waals surface area contributed by atoms with Crippen LogP contribution in [0.15, 0.2) is 48.5 Å². The van der Waals surface area contributed by atoms with E-state index in [4.69, 9.17) is 4.74 Å². The number of carbonyl (C=O) groups excluding carboxylic acids is 3. The van der Waals surface area contributed by atoms with Gasteiger partial charge in [0.25, 0.3) is 0 Å². The molecule has 7 rings (SSSR count). The molecule has 1 saturated carbocycles. The Morgan fingerprint density at radius 3 is 1.81 bits per heavy atom. The lowest BCUT2D eigenvalue weighted by Crippen LogP contribution is -2.56. The number of ether oxygens (including phenoxy) is 1. The molecule has 0 N–H and O–H groups in total. The van der Waals surface area contributed by atoms with E-state index < -0.39 is 26.5 Å². The number of hydrogen-bond donors (Lipinski definition) is 0. The molecular formula is C30H31Br2NO4. The summed E-state index contributed by atoms with van der Waals surface area (Å²) in [5.74, 6) is -1.31. The van der Waals surface area contributed by atoms with Crippen LogP contribution in [0.2, 0.25) is 0 Å². The summed E-state index contributed by atoms with van der Waals surface area (Å²) in [5, 5.41) is 0. The molecule has 2 amide bonds.